The van der Waals surface area contributed by atoms with Crippen LogP contribution in [-0.2, 0) is 4.79 Å². The maximum atomic E-state index is 12.1. The van der Waals surface area contributed by atoms with Gasteiger partial charge in [0, 0.05) is 32.2 Å². The van der Waals surface area contributed by atoms with Crippen LogP contribution in [0.4, 0.5) is 0 Å². The molecule has 2 fully saturated rings. The second-order valence-corrected chi connectivity index (χ2v) is 6.15. The molecular formula is C15H29N3O. The van der Waals surface area contributed by atoms with Crippen molar-refractivity contribution in [3.05, 3.63) is 0 Å². The minimum absolute atomic E-state index is 0.338. The third-order valence-corrected chi connectivity index (χ3v) is 4.46. The van der Waals surface area contributed by atoms with E-state index in [0.717, 1.165) is 32.7 Å². The standard InChI is InChI=1S/C15H29N3O/c1-3-7-16-14-6-10-17(11-13(14)2)12-15(19)18-8-4-5-9-18/h13-14,16H,3-12H2,1-2H3. The average Bonchev–Trinajstić information content (AvgIpc) is 2.92. The summed E-state index contributed by atoms with van der Waals surface area (Å²) in [5, 5.41) is 3.63. The van der Waals surface area contributed by atoms with E-state index < -0.39 is 0 Å². The van der Waals surface area contributed by atoms with Crippen LogP contribution in [0.5, 0.6) is 0 Å². The summed E-state index contributed by atoms with van der Waals surface area (Å²) in [5.74, 6) is 0.983. The molecule has 110 valence electrons. The fraction of sp³-hybridized carbons (Fsp3) is 0.933. The molecule has 19 heavy (non-hydrogen) atoms. The summed E-state index contributed by atoms with van der Waals surface area (Å²) in [6.45, 7) is 10.3. The van der Waals surface area contributed by atoms with Gasteiger partial charge in [0.05, 0.1) is 6.54 Å². The Kier molecular flexibility index (Phi) is 5.64. The highest BCUT2D eigenvalue weighted by Crippen LogP contribution is 2.17. The van der Waals surface area contributed by atoms with Gasteiger partial charge >= 0.3 is 0 Å². The Labute approximate surface area is 117 Å². The van der Waals surface area contributed by atoms with Crippen LogP contribution in [-0.4, -0.2) is 61.0 Å². The van der Waals surface area contributed by atoms with Gasteiger partial charge in [-0.25, -0.2) is 0 Å². The molecule has 2 rings (SSSR count). The smallest absolute Gasteiger partial charge is 0.236 e. The van der Waals surface area contributed by atoms with Gasteiger partial charge in [-0.05, 0) is 38.1 Å². The average molecular weight is 267 g/mol. The summed E-state index contributed by atoms with van der Waals surface area (Å²) < 4.78 is 0. The van der Waals surface area contributed by atoms with Crippen molar-refractivity contribution in [3.8, 4) is 0 Å². The summed E-state index contributed by atoms with van der Waals surface area (Å²) in [7, 11) is 0. The van der Waals surface area contributed by atoms with E-state index in [1.807, 2.05) is 4.90 Å². The predicted molar refractivity (Wildman–Crippen MR) is 78.1 cm³/mol. The van der Waals surface area contributed by atoms with E-state index in [9.17, 15) is 4.79 Å². The van der Waals surface area contributed by atoms with E-state index >= 15 is 0 Å². The molecule has 0 aromatic carbocycles. The molecule has 4 nitrogen and oxygen atoms in total. The molecule has 2 unspecified atom stereocenters. The summed E-state index contributed by atoms with van der Waals surface area (Å²) >= 11 is 0. The van der Waals surface area contributed by atoms with Gasteiger partial charge in [-0.3, -0.25) is 9.69 Å². The first kappa shape index (κ1) is 14.8. The molecule has 4 heteroatoms. The third-order valence-electron chi connectivity index (χ3n) is 4.46. The molecule has 2 aliphatic heterocycles. The zero-order valence-corrected chi connectivity index (χ0v) is 12.5. The molecule has 0 saturated carbocycles. The predicted octanol–water partition coefficient (Wildman–Crippen LogP) is 1.32. The SMILES string of the molecule is CCCNC1CCN(CC(=O)N2CCCC2)CC1C. The minimum atomic E-state index is 0.338. The lowest BCUT2D eigenvalue weighted by atomic mass is 9.93. The lowest BCUT2D eigenvalue weighted by Gasteiger charge is -2.37. The van der Waals surface area contributed by atoms with Crippen molar-refractivity contribution in [2.75, 3.05) is 39.3 Å². The van der Waals surface area contributed by atoms with Crippen molar-refractivity contribution in [3.63, 3.8) is 0 Å². The highest BCUT2D eigenvalue weighted by atomic mass is 16.2. The molecule has 1 amide bonds. The van der Waals surface area contributed by atoms with Gasteiger partial charge in [0.1, 0.15) is 0 Å². The largest absolute Gasteiger partial charge is 0.342 e. The number of hydrogen-bond donors (Lipinski definition) is 1. The Balaban J connectivity index is 1.73. The van der Waals surface area contributed by atoms with E-state index in [0.29, 0.717) is 24.4 Å². The fourth-order valence-electron chi connectivity index (χ4n) is 3.27. The third kappa shape index (κ3) is 4.18. The lowest BCUT2D eigenvalue weighted by molar-refractivity contribution is -0.131. The van der Waals surface area contributed by atoms with Gasteiger partial charge in [0.2, 0.25) is 5.91 Å². The first-order valence-corrected chi connectivity index (χ1v) is 7.94. The molecule has 2 saturated heterocycles. The Morgan fingerprint density at radius 2 is 2.00 bits per heavy atom. The van der Waals surface area contributed by atoms with Crippen LogP contribution < -0.4 is 5.32 Å². The van der Waals surface area contributed by atoms with Crippen LogP contribution in [0.15, 0.2) is 0 Å². The molecule has 2 aliphatic rings. The van der Waals surface area contributed by atoms with Crippen LogP contribution in [0, 0.1) is 5.92 Å². The monoisotopic (exact) mass is 267 g/mol. The second kappa shape index (κ2) is 7.25. The second-order valence-electron chi connectivity index (χ2n) is 6.15. The van der Waals surface area contributed by atoms with Crippen molar-refractivity contribution in [2.45, 2.75) is 45.6 Å². The molecular weight excluding hydrogens is 238 g/mol. The summed E-state index contributed by atoms with van der Waals surface area (Å²) in [6, 6.07) is 0.637. The van der Waals surface area contributed by atoms with Gasteiger partial charge in [0.15, 0.2) is 0 Å². The quantitative estimate of drug-likeness (QED) is 0.816. The molecule has 2 atom stereocenters. The molecule has 0 bridgehead atoms. The lowest BCUT2D eigenvalue weighted by Crippen LogP contribution is -2.51. The fourth-order valence-corrected chi connectivity index (χ4v) is 3.27. The maximum Gasteiger partial charge on any atom is 0.236 e. The van der Waals surface area contributed by atoms with Crippen LogP contribution in [0.25, 0.3) is 0 Å². The highest BCUT2D eigenvalue weighted by Gasteiger charge is 2.28. The van der Waals surface area contributed by atoms with Crippen molar-refractivity contribution in [1.82, 2.24) is 15.1 Å². The first-order chi connectivity index (χ1) is 9.20. The Hall–Kier alpha value is -0.610. The van der Waals surface area contributed by atoms with Crippen molar-refractivity contribution < 1.29 is 4.79 Å². The van der Waals surface area contributed by atoms with Gasteiger partial charge < -0.3 is 10.2 Å². The van der Waals surface area contributed by atoms with Crippen molar-refractivity contribution in [1.29, 1.82) is 0 Å². The van der Waals surface area contributed by atoms with Crippen LogP contribution >= 0.6 is 0 Å². The molecule has 0 radical (unpaired) electrons. The summed E-state index contributed by atoms with van der Waals surface area (Å²) in [6.07, 6.45) is 4.74. The minimum Gasteiger partial charge on any atom is -0.342 e. The van der Waals surface area contributed by atoms with Crippen LogP contribution in [0.1, 0.15) is 39.5 Å². The van der Waals surface area contributed by atoms with Crippen molar-refractivity contribution in [2.24, 2.45) is 5.92 Å². The molecule has 2 heterocycles. The first-order valence-electron chi connectivity index (χ1n) is 7.94. The summed E-state index contributed by atoms with van der Waals surface area (Å²) in [5.41, 5.74) is 0. The molecule has 0 spiro atoms. The summed E-state index contributed by atoms with van der Waals surface area (Å²) in [4.78, 5) is 16.5. The number of likely N-dealkylation sites (tertiary alicyclic amines) is 2. The topological polar surface area (TPSA) is 35.6 Å². The van der Waals surface area contributed by atoms with Gasteiger partial charge in [-0.2, -0.15) is 0 Å². The number of amides is 1. The van der Waals surface area contributed by atoms with Gasteiger partial charge in [0.25, 0.3) is 0 Å². The van der Waals surface area contributed by atoms with Crippen LogP contribution in [0.2, 0.25) is 0 Å². The normalized spacial score (nSPS) is 28.8. The molecule has 0 aromatic rings. The number of carbonyl (C=O) groups is 1. The molecule has 0 aromatic heterocycles. The number of carbonyl (C=O) groups excluding carboxylic acids is 1. The zero-order chi connectivity index (χ0) is 13.7. The number of rotatable bonds is 5. The van der Waals surface area contributed by atoms with E-state index in [1.54, 1.807) is 0 Å². The number of piperidine rings is 1. The zero-order valence-electron chi connectivity index (χ0n) is 12.5. The maximum absolute atomic E-state index is 12.1. The van der Waals surface area contributed by atoms with Gasteiger partial charge in [-0.15, -0.1) is 0 Å². The Morgan fingerprint density at radius 3 is 2.63 bits per heavy atom. The van der Waals surface area contributed by atoms with E-state index in [1.165, 1.54) is 25.7 Å². The van der Waals surface area contributed by atoms with E-state index in [2.05, 4.69) is 24.1 Å². The number of nitrogens with one attached hydrogen (secondary N) is 1. The van der Waals surface area contributed by atoms with Crippen LogP contribution in [0.3, 0.4) is 0 Å². The van der Waals surface area contributed by atoms with Gasteiger partial charge in [-0.1, -0.05) is 13.8 Å². The number of hydrogen-bond acceptors (Lipinski definition) is 3. The van der Waals surface area contributed by atoms with Crippen molar-refractivity contribution >= 4 is 5.91 Å². The Morgan fingerprint density at radius 1 is 1.26 bits per heavy atom. The highest BCUT2D eigenvalue weighted by molar-refractivity contribution is 5.78. The molecule has 1 N–H and O–H groups in total. The van der Waals surface area contributed by atoms with E-state index in [4.69, 9.17) is 0 Å². The number of nitrogens with zero attached hydrogens (tertiary/aromatic N) is 2. The van der Waals surface area contributed by atoms with E-state index in [-0.39, 0.29) is 0 Å². The Bertz CT molecular complexity index is 289. The molecule has 0 aliphatic carbocycles.